The van der Waals surface area contributed by atoms with Gasteiger partial charge in [0.25, 0.3) is 0 Å². The largest absolute Gasteiger partial charge is 0.361 e. The number of rotatable bonds is 5. The van der Waals surface area contributed by atoms with Gasteiger partial charge in [0, 0.05) is 5.56 Å². The van der Waals surface area contributed by atoms with Crippen LogP contribution in [0.25, 0.3) is 0 Å². The molecule has 0 aromatic carbocycles. The maximum Gasteiger partial charge on any atom is 0.249 e. The Morgan fingerprint density at radius 1 is 1.09 bits per heavy atom. The summed E-state index contributed by atoms with van der Waals surface area (Å²) >= 11 is 0. The van der Waals surface area contributed by atoms with Crippen molar-refractivity contribution in [1.82, 2.24) is 20.6 Å². The standard InChI is InChI=1S/C15H22N4O3/c1-7(2)13(15-16-11(6)19-22-15)17-14(20)8(3)12-9(4)18-21-10(12)5/h7-8,13H,1-6H3,(H,17,20). The van der Waals surface area contributed by atoms with E-state index in [1.54, 1.807) is 13.8 Å². The van der Waals surface area contributed by atoms with Crippen LogP contribution in [0.2, 0.25) is 0 Å². The number of aryl methyl sites for hydroxylation is 3. The molecule has 2 rings (SSSR count). The Kier molecular flexibility index (Phi) is 4.63. The summed E-state index contributed by atoms with van der Waals surface area (Å²) in [5, 5.41) is 10.7. The minimum absolute atomic E-state index is 0.121. The summed E-state index contributed by atoms with van der Waals surface area (Å²) in [7, 11) is 0. The van der Waals surface area contributed by atoms with Gasteiger partial charge in [0.2, 0.25) is 11.8 Å². The van der Waals surface area contributed by atoms with Gasteiger partial charge in [0.05, 0.1) is 11.6 Å². The fraction of sp³-hybridized carbons (Fsp3) is 0.600. The lowest BCUT2D eigenvalue weighted by Gasteiger charge is -2.21. The molecule has 22 heavy (non-hydrogen) atoms. The maximum absolute atomic E-state index is 12.6. The first-order valence-corrected chi connectivity index (χ1v) is 7.34. The third-order valence-electron chi connectivity index (χ3n) is 3.69. The third kappa shape index (κ3) is 3.18. The molecule has 0 saturated carbocycles. The van der Waals surface area contributed by atoms with Gasteiger partial charge in [-0.1, -0.05) is 24.2 Å². The number of carbonyl (C=O) groups is 1. The molecule has 120 valence electrons. The van der Waals surface area contributed by atoms with Crippen LogP contribution in [0.1, 0.15) is 61.5 Å². The first kappa shape index (κ1) is 16.2. The van der Waals surface area contributed by atoms with E-state index >= 15 is 0 Å². The second-order valence-corrected chi connectivity index (χ2v) is 5.87. The molecule has 7 heteroatoms. The molecular weight excluding hydrogens is 284 g/mol. The Labute approximate surface area is 129 Å². The second-order valence-electron chi connectivity index (χ2n) is 5.87. The van der Waals surface area contributed by atoms with E-state index in [0.29, 0.717) is 17.5 Å². The minimum atomic E-state index is -0.364. The number of hydrogen-bond donors (Lipinski definition) is 1. The molecule has 0 saturated heterocycles. The Morgan fingerprint density at radius 3 is 2.23 bits per heavy atom. The molecule has 0 fully saturated rings. The van der Waals surface area contributed by atoms with Gasteiger partial charge in [0.15, 0.2) is 5.82 Å². The van der Waals surface area contributed by atoms with Gasteiger partial charge in [-0.3, -0.25) is 4.79 Å². The van der Waals surface area contributed by atoms with Crippen LogP contribution >= 0.6 is 0 Å². The Balaban J connectivity index is 2.18. The molecule has 7 nitrogen and oxygen atoms in total. The van der Waals surface area contributed by atoms with Crippen molar-refractivity contribution >= 4 is 5.91 Å². The summed E-state index contributed by atoms with van der Waals surface area (Å²) in [4.78, 5) is 16.8. The SMILES string of the molecule is Cc1noc(C(NC(=O)C(C)c2c(C)noc2C)C(C)C)n1. The van der Waals surface area contributed by atoms with E-state index in [-0.39, 0.29) is 23.8 Å². The first-order chi connectivity index (χ1) is 10.3. The van der Waals surface area contributed by atoms with Gasteiger partial charge in [-0.25, -0.2) is 0 Å². The van der Waals surface area contributed by atoms with Crippen LogP contribution in [-0.2, 0) is 4.79 Å². The van der Waals surface area contributed by atoms with Crippen molar-refractivity contribution in [1.29, 1.82) is 0 Å². The van der Waals surface area contributed by atoms with Gasteiger partial charge in [-0.2, -0.15) is 4.98 Å². The highest BCUT2D eigenvalue weighted by atomic mass is 16.5. The van der Waals surface area contributed by atoms with E-state index in [1.807, 2.05) is 27.7 Å². The Bertz CT molecular complexity index is 640. The monoisotopic (exact) mass is 306 g/mol. The zero-order valence-corrected chi connectivity index (χ0v) is 13.8. The van der Waals surface area contributed by atoms with Crippen molar-refractivity contribution in [3.8, 4) is 0 Å². The Hall–Kier alpha value is -2.18. The topological polar surface area (TPSA) is 94.1 Å². The number of hydrogen-bond acceptors (Lipinski definition) is 6. The van der Waals surface area contributed by atoms with Crippen molar-refractivity contribution in [2.75, 3.05) is 0 Å². The third-order valence-corrected chi connectivity index (χ3v) is 3.69. The van der Waals surface area contributed by atoms with Gasteiger partial charge in [-0.15, -0.1) is 0 Å². The number of carbonyl (C=O) groups excluding carboxylic acids is 1. The number of amides is 1. The molecule has 0 radical (unpaired) electrons. The summed E-state index contributed by atoms with van der Waals surface area (Å²) in [6.45, 7) is 11.2. The van der Waals surface area contributed by atoms with Crippen LogP contribution in [0.5, 0.6) is 0 Å². The van der Waals surface area contributed by atoms with Crippen molar-refractivity contribution in [2.24, 2.45) is 5.92 Å². The van der Waals surface area contributed by atoms with Gasteiger partial charge >= 0.3 is 0 Å². The maximum atomic E-state index is 12.6. The van der Waals surface area contributed by atoms with Crippen LogP contribution in [0.15, 0.2) is 9.05 Å². The molecule has 2 aromatic rings. The molecule has 1 N–H and O–H groups in total. The first-order valence-electron chi connectivity index (χ1n) is 7.34. The second kappa shape index (κ2) is 6.29. The lowest BCUT2D eigenvalue weighted by Crippen LogP contribution is -2.35. The van der Waals surface area contributed by atoms with E-state index in [2.05, 4.69) is 20.6 Å². The average Bonchev–Trinajstić information content (AvgIpc) is 3.01. The zero-order valence-electron chi connectivity index (χ0n) is 13.8. The fourth-order valence-electron chi connectivity index (χ4n) is 2.47. The summed E-state index contributed by atoms with van der Waals surface area (Å²) in [5.41, 5.74) is 1.55. The zero-order chi connectivity index (χ0) is 16.4. The highest BCUT2D eigenvalue weighted by Gasteiger charge is 2.29. The van der Waals surface area contributed by atoms with Crippen LogP contribution in [0.4, 0.5) is 0 Å². The van der Waals surface area contributed by atoms with Crippen LogP contribution in [0, 0.1) is 26.7 Å². The van der Waals surface area contributed by atoms with Crippen molar-refractivity contribution in [3.63, 3.8) is 0 Å². The average molecular weight is 306 g/mol. The quantitative estimate of drug-likeness (QED) is 0.912. The van der Waals surface area contributed by atoms with E-state index in [4.69, 9.17) is 9.05 Å². The van der Waals surface area contributed by atoms with Crippen LogP contribution in [-0.4, -0.2) is 21.2 Å². The van der Waals surface area contributed by atoms with Gasteiger partial charge in [0.1, 0.15) is 11.8 Å². The molecule has 0 aliphatic heterocycles. The van der Waals surface area contributed by atoms with Crippen LogP contribution < -0.4 is 5.32 Å². The highest BCUT2D eigenvalue weighted by molar-refractivity contribution is 5.84. The van der Waals surface area contributed by atoms with Crippen LogP contribution in [0.3, 0.4) is 0 Å². The van der Waals surface area contributed by atoms with Crippen molar-refractivity contribution < 1.29 is 13.8 Å². The number of nitrogens with zero attached hydrogens (tertiary/aromatic N) is 3. The molecule has 2 aromatic heterocycles. The molecule has 2 atom stereocenters. The smallest absolute Gasteiger partial charge is 0.249 e. The predicted molar refractivity (Wildman–Crippen MR) is 79.1 cm³/mol. The van der Waals surface area contributed by atoms with E-state index in [1.165, 1.54) is 0 Å². The molecular formula is C15H22N4O3. The predicted octanol–water partition coefficient (Wildman–Crippen LogP) is 2.60. The minimum Gasteiger partial charge on any atom is -0.361 e. The van der Waals surface area contributed by atoms with Crippen molar-refractivity contribution in [2.45, 2.75) is 53.5 Å². The molecule has 0 aliphatic carbocycles. The Morgan fingerprint density at radius 2 is 1.77 bits per heavy atom. The highest BCUT2D eigenvalue weighted by Crippen LogP contribution is 2.26. The molecule has 1 amide bonds. The van der Waals surface area contributed by atoms with Crippen molar-refractivity contribution in [3.05, 3.63) is 28.7 Å². The lowest BCUT2D eigenvalue weighted by molar-refractivity contribution is -0.123. The van der Waals surface area contributed by atoms with E-state index in [0.717, 1.165) is 11.3 Å². The molecule has 0 aliphatic rings. The number of aromatic nitrogens is 3. The van der Waals surface area contributed by atoms with Gasteiger partial charge < -0.3 is 14.4 Å². The normalized spacial score (nSPS) is 14.1. The molecule has 0 spiro atoms. The lowest BCUT2D eigenvalue weighted by atomic mass is 9.97. The van der Waals surface area contributed by atoms with E-state index in [9.17, 15) is 4.79 Å². The summed E-state index contributed by atoms with van der Waals surface area (Å²) in [6, 6.07) is -0.323. The summed E-state index contributed by atoms with van der Waals surface area (Å²) in [6.07, 6.45) is 0. The number of nitrogens with one attached hydrogen (secondary N) is 1. The molecule has 0 bridgehead atoms. The summed E-state index contributed by atoms with van der Waals surface area (Å²) < 4.78 is 10.3. The summed E-state index contributed by atoms with van der Waals surface area (Å²) in [5.74, 6) is 1.27. The fourth-order valence-corrected chi connectivity index (χ4v) is 2.47. The van der Waals surface area contributed by atoms with E-state index < -0.39 is 0 Å². The van der Waals surface area contributed by atoms with Gasteiger partial charge in [-0.05, 0) is 33.6 Å². The molecule has 2 unspecified atom stereocenters. The molecule has 2 heterocycles.